The molecule has 1 saturated heterocycles. The monoisotopic (exact) mass is 198 g/mol. The highest BCUT2D eigenvalue weighted by Crippen LogP contribution is 2.11. The van der Waals surface area contributed by atoms with Crippen LogP contribution in [-0.2, 0) is 0 Å². The van der Waals surface area contributed by atoms with Crippen LogP contribution >= 0.6 is 0 Å². The van der Waals surface area contributed by atoms with Gasteiger partial charge in [-0.15, -0.1) is 0 Å². The zero-order valence-electron chi connectivity index (χ0n) is 9.97. The number of hydrogen-bond donors (Lipinski definition) is 2. The van der Waals surface area contributed by atoms with Crippen LogP contribution in [0.15, 0.2) is 0 Å². The number of rotatable bonds is 5. The van der Waals surface area contributed by atoms with Gasteiger partial charge in [0.25, 0.3) is 0 Å². The molecule has 1 heterocycles. The molecule has 1 aliphatic rings. The largest absolute Gasteiger partial charge is 0.316 e. The number of hydrogen-bond acceptors (Lipinski definition) is 2. The molecule has 14 heavy (non-hydrogen) atoms. The van der Waals surface area contributed by atoms with Crippen molar-refractivity contribution in [2.45, 2.75) is 46.1 Å². The number of piperidine rings is 1. The summed E-state index contributed by atoms with van der Waals surface area (Å²) >= 11 is 0. The van der Waals surface area contributed by atoms with Crippen LogP contribution in [0.3, 0.4) is 0 Å². The Morgan fingerprint density at radius 1 is 1.43 bits per heavy atom. The van der Waals surface area contributed by atoms with E-state index in [0.29, 0.717) is 6.04 Å². The van der Waals surface area contributed by atoms with Crippen molar-refractivity contribution >= 4 is 0 Å². The fraction of sp³-hybridized carbons (Fsp3) is 1.00. The standard InChI is InChI=1S/C12H26N2/c1-4-10(2)11(3)14-9-12-6-5-7-13-8-12/h10-14H,4-9H2,1-3H3. The van der Waals surface area contributed by atoms with Gasteiger partial charge >= 0.3 is 0 Å². The first kappa shape index (κ1) is 12.0. The van der Waals surface area contributed by atoms with Gasteiger partial charge in [0.15, 0.2) is 0 Å². The van der Waals surface area contributed by atoms with Gasteiger partial charge in [-0.1, -0.05) is 20.3 Å². The minimum atomic E-state index is 0.668. The van der Waals surface area contributed by atoms with Crippen molar-refractivity contribution in [2.24, 2.45) is 11.8 Å². The second kappa shape index (κ2) is 6.41. The van der Waals surface area contributed by atoms with E-state index in [4.69, 9.17) is 0 Å². The van der Waals surface area contributed by atoms with Crippen molar-refractivity contribution in [1.82, 2.24) is 10.6 Å². The van der Waals surface area contributed by atoms with Gasteiger partial charge in [-0.2, -0.15) is 0 Å². The first-order chi connectivity index (χ1) is 6.74. The SMILES string of the molecule is CCC(C)C(C)NCC1CCCNC1. The van der Waals surface area contributed by atoms with E-state index in [1.165, 1.54) is 38.9 Å². The molecule has 2 heteroatoms. The molecule has 0 aromatic carbocycles. The van der Waals surface area contributed by atoms with Crippen molar-refractivity contribution in [1.29, 1.82) is 0 Å². The molecule has 84 valence electrons. The zero-order valence-corrected chi connectivity index (χ0v) is 9.97. The van der Waals surface area contributed by atoms with E-state index in [1.807, 2.05) is 0 Å². The summed E-state index contributed by atoms with van der Waals surface area (Å²) in [6.07, 6.45) is 4.02. The fourth-order valence-electron chi connectivity index (χ4n) is 2.01. The predicted molar refractivity (Wildman–Crippen MR) is 62.5 cm³/mol. The highest BCUT2D eigenvalue weighted by molar-refractivity contribution is 4.74. The van der Waals surface area contributed by atoms with Gasteiger partial charge in [0.1, 0.15) is 0 Å². The van der Waals surface area contributed by atoms with E-state index in [2.05, 4.69) is 31.4 Å². The van der Waals surface area contributed by atoms with Crippen molar-refractivity contribution in [3.63, 3.8) is 0 Å². The molecule has 2 N–H and O–H groups in total. The minimum Gasteiger partial charge on any atom is -0.316 e. The lowest BCUT2D eigenvalue weighted by molar-refractivity contribution is 0.316. The maximum atomic E-state index is 3.66. The minimum absolute atomic E-state index is 0.668. The van der Waals surface area contributed by atoms with Crippen LogP contribution in [-0.4, -0.2) is 25.7 Å². The van der Waals surface area contributed by atoms with Crippen molar-refractivity contribution in [2.75, 3.05) is 19.6 Å². The van der Waals surface area contributed by atoms with Crippen LogP contribution in [0.4, 0.5) is 0 Å². The lowest BCUT2D eigenvalue weighted by Gasteiger charge is -2.26. The average Bonchev–Trinajstić information content (AvgIpc) is 2.26. The van der Waals surface area contributed by atoms with Crippen molar-refractivity contribution in [3.8, 4) is 0 Å². The second-order valence-electron chi connectivity index (χ2n) is 4.79. The Morgan fingerprint density at radius 3 is 2.79 bits per heavy atom. The Bertz CT molecular complexity index is 139. The normalized spacial score (nSPS) is 27.2. The van der Waals surface area contributed by atoms with Crippen LogP contribution in [0.25, 0.3) is 0 Å². The van der Waals surface area contributed by atoms with Gasteiger partial charge in [-0.25, -0.2) is 0 Å². The summed E-state index contributed by atoms with van der Waals surface area (Å²) < 4.78 is 0. The zero-order chi connectivity index (χ0) is 10.4. The van der Waals surface area contributed by atoms with Crippen LogP contribution in [0.2, 0.25) is 0 Å². The second-order valence-corrected chi connectivity index (χ2v) is 4.79. The summed E-state index contributed by atoms with van der Waals surface area (Å²) in [5, 5.41) is 7.12. The third kappa shape index (κ3) is 3.97. The average molecular weight is 198 g/mol. The summed E-state index contributed by atoms with van der Waals surface area (Å²) in [6, 6.07) is 0.668. The molecule has 0 radical (unpaired) electrons. The molecule has 0 aromatic rings. The van der Waals surface area contributed by atoms with E-state index in [1.54, 1.807) is 0 Å². The first-order valence-corrected chi connectivity index (χ1v) is 6.18. The molecule has 0 saturated carbocycles. The van der Waals surface area contributed by atoms with Gasteiger partial charge in [0.05, 0.1) is 0 Å². The van der Waals surface area contributed by atoms with E-state index in [9.17, 15) is 0 Å². The molecular weight excluding hydrogens is 172 g/mol. The van der Waals surface area contributed by atoms with Crippen LogP contribution in [0.5, 0.6) is 0 Å². The molecule has 0 aromatic heterocycles. The molecule has 3 unspecified atom stereocenters. The van der Waals surface area contributed by atoms with Crippen molar-refractivity contribution in [3.05, 3.63) is 0 Å². The molecule has 0 aliphatic carbocycles. The summed E-state index contributed by atoms with van der Waals surface area (Å²) in [6.45, 7) is 10.5. The lowest BCUT2D eigenvalue weighted by Crippen LogP contribution is -2.40. The third-order valence-electron chi connectivity index (χ3n) is 3.62. The predicted octanol–water partition coefficient (Wildman–Crippen LogP) is 2.01. The van der Waals surface area contributed by atoms with Gasteiger partial charge in [-0.05, 0) is 51.2 Å². The maximum absolute atomic E-state index is 3.66. The van der Waals surface area contributed by atoms with Crippen LogP contribution in [0.1, 0.15) is 40.0 Å². The molecular formula is C12H26N2. The lowest BCUT2D eigenvalue weighted by atomic mass is 9.97. The molecule has 0 spiro atoms. The highest BCUT2D eigenvalue weighted by atomic mass is 14.9. The Labute approximate surface area is 88.8 Å². The van der Waals surface area contributed by atoms with E-state index >= 15 is 0 Å². The van der Waals surface area contributed by atoms with E-state index < -0.39 is 0 Å². The Kier molecular flexibility index (Phi) is 5.49. The van der Waals surface area contributed by atoms with Crippen LogP contribution < -0.4 is 10.6 Å². The molecule has 0 bridgehead atoms. The molecule has 2 nitrogen and oxygen atoms in total. The van der Waals surface area contributed by atoms with E-state index in [0.717, 1.165) is 11.8 Å². The summed E-state index contributed by atoms with van der Waals surface area (Å²) in [4.78, 5) is 0. The van der Waals surface area contributed by atoms with Gasteiger partial charge in [0, 0.05) is 6.04 Å². The molecule has 1 rings (SSSR count). The fourth-order valence-corrected chi connectivity index (χ4v) is 2.01. The highest BCUT2D eigenvalue weighted by Gasteiger charge is 2.15. The molecule has 1 aliphatic heterocycles. The van der Waals surface area contributed by atoms with Crippen LogP contribution in [0, 0.1) is 11.8 Å². The quantitative estimate of drug-likeness (QED) is 0.706. The molecule has 3 atom stereocenters. The Morgan fingerprint density at radius 2 is 2.21 bits per heavy atom. The Hall–Kier alpha value is -0.0800. The van der Waals surface area contributed by atoms with Crippen molar-refractivity contribution < 1.29 is 0 Å². The summed E-state index contributed by atoms with van der Waals surface area (Å²) in [7, 11) is 0. The van der Waals surface area contributed by atoms with E-state index in [-0.39, 0.29) is 0 Å². The topological polar surface area (TPSA) is 24.1 Å². The summed E-state index contributed by atoms with van der Waals surface area (Å²) in [5.74, 6) is 1.65. The molecule has 1 fully saturated rings. The summed E-state index contributed by atoms with van der Waals surface area (Å²) in [5.41, 5.74) is 0. The first-order valence-electron chi connectivity index (χ1n) is 6.18. The van der Waals surface area contributed by atoms with Gasteiger partial charge < -0.3 is 10.6 Å². The third-order valence-corrected chi connectivity index (χ3v) is 3.62. The van der Waals surface area contributed by atoms with Gasteiger partial charge in [-0.3, -0.25) is 0 Å². The maximum Gasteiger partial charge on any atom is 0.00643 e. The number of nitrogens with one attached hydrogen (secondary N) is 2. The van der Waals surface area contributed by atoms with Gasteiger partial charge in [0.2, 0.25) is 0 Å². The molecule has 0 amide bonds. The smallest absolute Gasteiger partial charge is 0.00643 e. The Balaban J connectivity index is 2.12.